The van der Waals surface area contributed by atoms with E-state index in [1.54, 1.807) is 39.2 Å². The number of methoxy groups -OCH3 is 1. The summed E-state index contributed by atoms with van der Waals surface area (Å²) in [5.74, 6) is 0.530. The molecule has 0 saturated heterocycles. The van der Waals surface area contributed by atoms with E-state index < -0.39 is 12.0 Å². The number of fused-ring (bicyclic) bond motifs is 2. The monoisotopic (exact) mass is 750 g/mol. The van der Waals surface area contributed by atoms with Gasteiger partial charge in [-0.25, -0.2) is 9.79 Å². The second kappa shape index (κ2) is 13.2. The van der Waals surface area contributed by atoms with E-state index in [4.69, 9.17) is 25.8 Å². The minimum atomic E-state index is -0.802. The third-order valence-electron chi connectivity index (χ3n) is 7.52. The Morgan fingerprint density at radius 3 is 2.62 bits per heavy atom. The summed E-state index contributed by atoms with van der Waals surface area (Å²) in [4.78, 5) is 32.6. The third-order valence-corrected chi connectivity index (χ3v) is 9.47. The van der Waals surface area contributed by atoms with Gasteiger partial charge in [-0.05, 0) is 82.6 Å². The summed E-state index contributed by atoms with van der Waals surface area (Å²) in [6.45, 7) is 3.97. The van der Waals surface area contributed by atoms with Gasteiger partial charge in [0.2, 0.25) is 0 Å². The van der Waals surface area contributed by atoms with Crippen molar-refractivity contribution < 1.29 is 19.0 Å². The maximum Gasteiger partial charge on any atom is 0.338 e. The largest absolute Gasteiger partial charge is 0.493 e. The fourth-order valence-corrected chi connectivity index (χ4v) is 7.39. The minimum Gasteiger partial charge on any atom is -0.493 e. The predicted octanol–water partition coefficient (Wildman–Crippen LogP) is 6.80. The van der Waals surface area contributed by atoms with Gasteiger partial charge in [0.05, 0.1) is 29.5 Å². The van der Waals surface area contributed by atoms with Crippen LogP contribution in [0, 0.1) is 3.57 Å². The van der Waals surface area contributed by atoms with Crippen molar-refractivity contribution in [3.05, 3.63) is 135 Å². The van der Waals surface area contributed by atoms with E-state index in [9.17, 15) is 9.59 Å². The Morgan fingerprint density at radius 2 is 1.84 bits per heavy atom. The van der Waals surface area contributed by atoms with E-state index in [0.29, 0.717) is 49.3 Å². The molecule has 0 spiro atoms. The lowest BCUT2D eigenvalue weighted by Crippen LogP contribution is -2.40. The zero-order valence-corrected chi connectivity index (χ0v) is 28.4. The third kappa shape index (κ3) is 6.04. The van der Waals surface area contributed by atoms with E-state index in [1.807, 2.05) is 48.5 Å². The van der Waals surface area contributed by atoms with E-state index >= 15 is 0 Å². The number of ether oxygens (including phenoxy) is 3. The number of carbonyl (C=O) groups is 1. The Labute approximate surface area is 282 Å². The number of rotatable bonds is 8. The smallest absolute Gasteiger partial charge is 0.338 e. The molecule has 0 unspecified atom stereocenters. The van der Waals surface area contributed by atoms with E-state index in [2.05, 4.69) is 45.8 Å². The molecule has 7 nitrogen and oxygen atoms in total. The Hall–Kier alpha value is -3.93. The van der Waals surface area contributed by atoms with Gasteiger partial charge in [-0.3, -0.25) is 9.36 Å². The van der Waals surface area contributed by atoms with Crippen LogP contribution in [0.4, 0.5) is 0 Å². The maximum absolute atomic E-state index is 14.2. The average molecular weight is 751 g/mol. The molecule has 5 aromatic rings. The molecule has 0 radical (unpaired) electrons. The number of allylic oxidation sites excluding steroid dienone is 1. The van der Waals surface area contributed by atoms with Crippen LogP contribution < -0.4 is 24.4 Å². The van der Waals surface area contributed by atoms with Crippen LogP contribution in [-0.4, -0.2) is 24.3 Å². The van der Waals surface area contributed by atoms with E-state index in [0.717, 1.165) is 19.9 Å². The highest BCUT2D eigenvalue weighted by molar-refractivity contribution is 14.1. The van der Waals surface area contributed by atoms with Gasteiger partial charge in [-0.1, -0.05) is 83.6 Å². The molecule has 0 N–H and O–H groups in total. The molecule has 45 heavy (non-hydrogen) atoms. The van der Waals surface area contributed by atoms with Crippen LogP contribution in [0.5, 0.6) is 11.5 Å². The molecule has 6 rings (SSSR count). The minimum absolute atomic E-state index is 0.186. The molecule has 2 heterocycles. The fraction of sp³-hybridized carbons (Fsp3) is 0.171. The highest BCUT2D eigenvalue weighted by atomic mass is 127. The van der Waals surface area contributed by atoms with Gasteiger partial charge in [0.25, 0.3) is 5.56 Å². The lowest BCUT2D eigenvalue weighted by Gasteiger charge is -2.25. The molecule has 228 valence electrons. The number of benzene rings is 4. The van der Waals surface area contributed by atoms with Crippen LogP contribution in [0.2, 0.25) is 5.02 Å². The van der Waals surface area contributed by atoms with Crippen LogP contribution in [0.15, 0.2) is 99.9 Å². The first-order valence-electron chi connectivity index (χ1n) is 14.2. The molecule has 4 aromatic carbocycles. The molecule has 0 saturated carbocycles. The second-order valence-electron chi connectivity index (χ2n) is 10.3. The number of nitrogens with zero attached hydrogens (tertiary/aromatic N) is 2. The average Bonchev–Trinajstić information content (AvgIpc) is 3.33. The Bertz CT molecular complexity index is 2170. The number of carbonyl (C=O) groups excluding carboxylic acids is 1. The lowest BCUT2D eigenvalue weighted by molar-refractivity contribution is -0.139. The number of aromatic nitrogens is 1. The van der Waals surface area contributed by atoms with Gasteiger partial charge in [0.1, 0.15) is 12.6 Å². The van der Waals surface area contributed by atoms with Crippen molar-refractivity contribution in [1.82, 2.24) is 4.57 Å². The van der Waals surface area contributed by atoms with Crippen LogP contribution in [-0.2, 0) is 16.1 Å². The summed E-state index contributed by atoms with van der Waals surface area (Å²) in [6.07, 6.45) is 1.79. The van der Waals surface area contributed by atoms with Gasteiger partial charge in [0, 0.05) is 14.2 Å². The van der Waals surface area contributed by atoms with Crippen molar-refractivity contribution in [2.45, 2.75) is 26.5 Å². The van der Waals surface area contributed by atoms with Crippen molar-refractivity contribution >= 4 is 68.3 Å². The number of esters is 1. The van der Waals surface area contributed by atoms with Crippen molar-refractivity contribution in [3.63, 3.8) is 0 Å². The number of thiazole rings is 1. The molecular weight excluding hydrogens is 723 g/mol. The highest BCUT2D eigenvalue weighted by Gasteiger charge is 2.34. The molecule has 1 aromatic heterocycles. The SMILES string of the molecule is CCOC(=O)C1=C(C)N=c2s/c(=C\c3cc(I)cc(OC)c3OCc3cccc4ccccc34)c(=O)n2[C@H]1c1ccccc1Cl. The first-order valence-corrected chi connectivity index (χ1v) is 16.5. The molecular formula is C35H28ClIN2O5S. The molecule has 0 amide bonds. The lowest BCUT2D eigenvalue weighted by atomic mass is 9.96. The van der Waals surface area contributed by atoms with Gasteiger partial charge >= 0.3 is 5.97 Å². The first kappa shape index (κ1) is 31.1. The van der Waals surface area contributed by atoms with Crippen LogP contribution in [0.1, 0.15) is 36.6 Å². The molecule has 1 atom stereocenters. The zero-order chi connectivity index (χ0) is 31.7. The highest BCUT2D eigenvalue weighted by Crippen LogP contribution is 2.36. The summed E-state index contributed by atoms with van der Waals surface area (Å²) in [5.41, 5.74) is 2.76. The van der Waals surface area contributed by atoms with Crippen LogP contribution >= 0.6 is 45.5 Å². The molecule has 0 bridgehead atoms. The summed E-state index contributed by atoms with van der Waals surface area (Å²) in [7, 11) is 1.59. The van der Waals surface area contributed by atoms with Crippen molar-refractivity contribution in [2.24, 2.45) is 4.99 Å². The summed E-state index contributed by atoms with van der Waals surface area (Å²) < 4.78 is 20.4. The van der Waals surface area contributed by atoms with Gasteiger partial charge in [0.15, 0.2) is 16.3 Å². The Balaban J connectivity index is 1.49. The summed E-state index contributed by atoms with van der Waals surface area (Å²) in [5, 5.41) is 2.66. The molecule has 0 aliphatic carbocycles. The van der Waals surface area contributed by atoms with Gasteiger partial charge in [-0.15, -0.1) is 0 Å². The molecule has 0 fully saturated rings. The number of halogens is 2. The van der Waals surface area contributed by atoms with Crippen LogP contribution in [0.3, 0.4) is 0 Å². The molecule has 1 aliphatic heterocycles. The summed E-state index contributed by atoms with van der Waals surface area (Å²) >= 11 is 10.1. The Morgan fingerprint density at radius 1 is 1.09 bits per heavy atom. The quantitative estimate of drug-likeness (QED) is 0.129. The first-order chi connectivity index (χ1) is 21.8. The topological polar surface area (TPSA) is 79.1 Å². The maximum atomic E-state index is 14.2. The fourth-order valence-electron chi connectivity index (χ4n) is 5.49. The van der Waals surface area contributed by atoms with Crippen molar-refractivity contribution in [3.8, 4) is 11.5 Å². The summed E-state index contributed by atoms with van der Waals surface area (Å²) in [6, 6.07) is 24.5. The normalized spacial score (nSPS) is 14.7. The van der Waals surface area contributed by atoms with Gasteiger partial charge < -0.3 is 14.2 Å². The van der Waals surface area contributed by atoms with E-state index in [-0.39, 0.29) is 17.7 Å². The molecule has 1 aliphatic rings. The van der Waals surface area contributed by atoms with Crippen molar-refractivity contribution in [1.29, 1.82) is 0 Å². The van der Waals surface area contributed by atoms with E-state index in [1.165, 1.54) is 15.9 Å². The Kier molecular flexibility index (Phi) is 9.11. The predicted molar refractivity (Wildman–Crippen MR) is 186 cm³/mol. The standard InChI is InChI=1S/C35H28ClIN2O5S/c1-4-43-34(41)30-20(2)38-35-39(31(30)26-14-7-8-15-27(26)36)33(40)29(45-35)17-23-16-24(37)18-28(42-3)32(23)44-19-22-12-9-11-21-10-5-6-13-25(21)22/h5-18,31H,4,19H2,1-3H3/b29-17-/t31-/m0/s1. The zero-order valence-electron chi connectivity index (χ0n) is 24.7. The van der Waals surface area contributed by atoms with Crippen molar-refractivity contribution in [2.75, 3.05) is 13.7 Å². The number of hydrogen-bond acceptors (Lipinski definition) is 7. The van der Waals surface area contributed by atoms with Crippen LogP contribution in [0.25, 0.3) is 16.8 Å². The van der Waals surface area contributed by atoms with Gasteiger partial charge in [-0.2, -0.15) is 0 Å². The second-order valence-corrected chi connectivity index (χ2v) is 12.9. The molecule has 10 heteroatoms. The number of hydrogen-bond donors (Lipinski definition) is 0.